The SMILES string of the molecule is Cc1nc2sc3c(c2c(=O)n1CCCC(=O)O)CCC(C)C3. The average Bonchev–Trinajstić information content (AvgIpc) is 2.79. The molecule has 0 saturated heterocycles. The van der Waals surface area contributed by atoms with Crippen LogP contribution in [0.3, 0.4) is 0 Å². The fraction of sp³-hybridized carbons (Fsp3) is 0.562. The topological polar surface area (TPSA) is 72.2 Å². The van der Waals surface area contributed by atoms with Gasteiger partial charge >= 0.3 is 5.97 Å². The van der Waals surface area contributed by atoms with Crippen LogP contribution in [-0.4, -0.2) is 20.6 Å². The van der Waals surface area contributed by atoms with Crippen molar-refractivity contribution in [2.75, 3.05) is 0 Å². The molecule has 2 heterocycles. The van der Waals surface area contributed by atoms with Crippen LogP contribution in [-0.2, 0) is 24.2 Å². The predicted molar refractivity (Wildman–Crippen MR) is 86.7 cm³/mol. The van der Waals surface area contributed by atoms with Gasteiger partial charge in [-0.3, -0.25) is 14.2 Å². The first-order valence-electron chi connectivity index (χ1n) is 7.71. The minimum absolute atomic E-state index is 0.0000539. The Balaban J connectivity index is 2.04. The zero-order valence-electron chi connectivity index (χ0n) is 12.9. The summed E-state index contributed by atoms with van der Waals surface area (Å²) < 4.78 is 1.64. The lowest BCUT2D eigenvalue weighted by Gasteiger charge is -2.17. The summed E-state index contributed by atoms with van der Waals surface area (Å²) in [5, 5.41) is 9.52. The summed E-state index contributed by atoms with van der Waals surface area (Å²) in [6, 6.07) is 0. The van der Waals surface area contributed by atoms with E-state index >= 15 is 0 Å². The second kappa shape index (κ2) is 5.83. The third-order valence-electron chi connectivity index (χ3n) is 4.38. The molecule has 1 unspecified atom stereocenters. The first-order chi connectivity index (χ1) is 10.5. The van der Waals surface area contributed by atoms with Gasteiger partial charge in [-0.25, -0.2) is 4.98 Å². The lowest BCUT2D eigenvalue weighted by Crippen LogP contribution is -2.25. The van der Waals surface area contributed by atoms with Crippen molar-refractivity contribution in [2.24, 2.45) is 5.92 Å². The van der Waals surface area contributed by atoms with Gasteiger partial charge in [0.25, 0.3) is 5.56 Å². The Morgan fingerprint density at radius 2 is 2.27 bits per heavy atom. The maximum atomic E-state index is 12.8. The Hall–Kier alpha value is -1.69. The minimum atomic E-state index is -0.832. The van der Waals surface area contributed by atoms with E-state index in [2.05, 4.69) is 11.9 Å². The number of hydrogen-bond donors (Lipinski definition) is 1. The molecule has 0 aromatic carbocycles. The predicted octanol–water partition coefficient (Wildman–Crippen LogP) is 2.76. The summed E-state index contributed by atoms with van der Waals surface area (Å²) >= 11 is 1.65. The Labute approximate surface area is 132 Å². The van der Waals surface area contributed by atoms with Crippen molar-refractivity contribution >= 4 is 27.5 Å². The molecule has 1 N–H and O–H groups in total. The van der Waals surface area contributed by atoms with Crippen LogP contribution in [0.5, 0.6) is 0 Å². The number of aryl methyl sites for hydroxylation is 2. The van der Waals surface area contributed by atoms with E-state index < -0.39 is 5.97 Å². The Kier molecular flexibility index (Phi) is 4.04. The van der Waals surface area contributed by atoms with Crippen molar-refractivity contribution in [3.63, 3.8) is 0 Å². The Morgan fingerprint density at radius 3 is 3.00 bits per heavy atom. The number of aromatic nitrogens is 2. The second-order valence-corrected chi connectivity index (χ2v) is 7.23. The molecule has 2 aromatic rings. The average molecular weight is 320 g/mol. The Bertz CT molecular complexity index is 791. The summed E-state index contributed by atoms with van der Waals surface area (Å²) in [5.41, 5.74) is 1.18. The highest BCUT2D eigenvalue weighted by molar-refractivity contribution is 7.18. The zero-order chi connectivity index (χ0) is 15.9. The smallest absolute Gasteiger partial charge is 0.303 e. The molecule has 0 bridgehead atoms. The lowest BCUT2D eigenvalue weighted by molar-refractivity contribution is -0.137. The highest BCUT2D eigenvalue weighted by Crippen LogP contribution is 2.35. The number of rotatable bonds is 4. The van der Waals surface area contributed by atoms with E-state index in [-0.39, 0.29) is 12.0 Å². The van der Waals surface area contributed by atoms with E-state index in [9.17, 15) is 9.59 Å². The van der Waals surface area contributed by atoms with Crippen LogP contribution in [0.1, 0.15) is 42.5 Å². The molecule has 6 heteroatoms. The van der Waals surface area contributed by atoms with Gasteiger partial charge in [-0.2, -0.15) is 0 Å². The van der Waals surface area contributed by atoms with Crippen LogP contribution in [0, 0.1) is 12.8 Å². The molecule has 118 valence electrons. The van der Waals surface area contributed by atoms with Crippen LogP contribution in [0.4, 0.5) is 0 Å². The van der Waals surface area contributed by atoms with E-state index in [0.29, 0.717) is 24.7 Å². The van der Waals surface area contributed by atoms with Crippen LogP contribution in [0.2, 0.25) is 0 Å². The monoisotopic (exact) mass is 320 g/mol. The molecular weight excluding hydrogens is 300 g/mol. The van der Waals surface area contributed by atoms with E-state index in [4.69, 9.17) is 5.11 Å². The summed E-state index contributed by atoms with van der Waals surface area (Å²) in [5.74, 6) is 0.510. The molecule has 0 fully saturated rings. The Morgan fingerprint density at radius 1 is 1.50 bits per heavy atom. The first kappa shape index (κ1) is 15.2. The number of carboxylic acid groups (broad SMARTS) is 1. The zero-order valence-corrected chi connectivity index (χ0v) is 13.7. The van der Waals surface area contributed by atoms with Crippen molar-refractivity contribution in [3.8, 4) is 0 Å². The number of aliphatic carboxylic acids is 1. The molecule has 0 aliphatic heterocycles. The van der Waals surface area contributed by atoms with Crippen molar-refractivity contribution < 1.29 is 9.90 Å². The molecule has 0 saturated carbocycles. The normalized spacial score (nSPS) is 17.6. The number of fused-ring (bicyclic) bond motifs is 3. The van der Waals surface area contributed by atoms with Crippen LogP contribution < -0.4 is 5.56 Å². The fourth-order valence-corrected chi connectivity index (χ4v) is 4.60. The van der Waals surface area contributed by atoms with Crippen molar-refractivity contribution in [1.29, 1.82) is 0 Å². The third-order valence-corrected chi connectivity index (χ3v) is 5.53. The molecule has 2 aromatic heterocycles. The molecule has 0 spiro atoms. The van der Waals surface area contributed by atoms with Gasteiger partial charge in [0.2, 0.25) is 0 Å². The number of carbonyl (C=O) groups is 1. The van der Waals surface area contributed by atoms with Gasteiger partial charge in [-0.15, -0.1) is 11.3 Å². The molecule has 0 radical (unpaired) electrons. The standard InChI is InChI=1S/C16H20N2O3S/c1-9-5-6-11-12(8-9)22-15-14(11)16(21)18(10(2)17-15)7-3-4-13(19)20/h9H,3-8H2,1-2H3,(H,19,20). The molecular formula is C16H20N2O3S. The molecule has 1 atom stereocenters. The quantitative estimate of drug-likeness (QED) is 0.940. The van der Waals surface area contributed by atoms with E-state index in [1.54, 1.807) is 15.9 Å². The fourth-order valence-electron chi connectivity index (χ4n) is 3.18. The van der Waals surface area contributed by atoms with Gasteiger partial charge in [-0.05, 0) is 44.1 Å². The molecule has 3 rings (SSSR count). The molecule has 5 nitrogen and oxygen atoms in total. The molecule has 1 aliphatic rings. The molecule has 0 amide bonds. The van der Waals surface area contributed by atoms with Crippen LogP contribution in [0.15, 0.2) is 4.79 Å². The van der Waals surface area contributed by atoms with Gasteiger partial charge in [0.05, 0.1) is 5.39 Å². The number of carboxylic acids is 1. The summed E-state index contributed by atoms with van der Waals surface area (Å²) in [6.45, 7) is 4.49. The lowest BCUT2D eigenvalue weighted by atomic mass is 9.89. The summed E-state index contributed by atoms with van der Waals surface area (Å²) in [6.07, 6.45) is 3.63. The highest BCUT2D eigenvalue weighted by Gasteiger charge is 2.23. The minimum Gasteiger partial charge on any atom is -0.481 e. The van der Waals surface area contributed by atoms with Crippen molar-refractivity contribution in [2.45, 2.75) is 52.5 Å². The van der Waals surface area contributed by atoms with Gasteiger partial charge < -0.3 is 5.11 Å². The van der Waals surface area contributed by atoms with Crippen LogP contribution in [0.25, 0.3) is 10.2 Å². The number of thiophene rings is 1. The van der Waals surface area contributed by atoms with Crippen molar-refractivity contribution in [1.82, 2.24) is 9.55 Å². The van der Waals surface area contributed by atoms with Gasteiger partial charge in [0.1, 0.15) is 10.7 Å². The first-order valence-corrected chi connectivity index (χ1v) is 8.52. The van der Waals surface area contributed by atoms with Crippen molar-refractivity contribution in [3.05, 3.63) is 26.6 Å². The van der Waals surface area contributed by atoms with E-state index in [1.165, 1.54) is 10.4 Å². The highest BCUT2D eigenvalue weighted by atomic mass is 32.1. The van der Waals surface area contributed by atoms with E-state index in [0.717, 1.165) is 29.5 Å². The summed E-state index contributed by atoms with van der Waals surface area (Å²) in [7, 11) is 0. The molecule has 22 heavy (non-hydrogen) atoms. The maximum absolute atomic E-state index is 12.8. The van der Waals surface area contributed by atoms with E-state index in [1.807, 2.05) is 6.92 Å². The van der Waals surface area contributed by atoms with Gasteiger partial charge in [0, 0.05) is 17.8 Å². The summed E-state index contributed by atoms with van der Waals surface area (Å²) in [4.78, 5) is 30.2. The van der Waals surface area contributed by atoms with Crippen LogP contribution >= 0.6 is 11.3 Å². The largest absolute Gasteiger partial charge is 0.481 e. The number of hydrogen-bond acceptors (Lipinski definition) is 4. The second-order valence-electron chi connectivity index (χ2n) is 6.15. The maximum Gasteiger partial charge on any atom is 0.303 e. The molecule has 1 aliphatic carbocycles. The van der Waals surface area contributed by atoms with Gasteiger partial charge in [0.15, 0.2) is 0 Å². The number of nitrogens with zero attached hydrogens (tertiary/aromatic N) is 2. The van der Waals surface area contributed by atoms with Gasteiger partial charge in [-0.1, -0.05) is 6.92 Å². The third kappa shape index (κ3) is 2.67.